The summed E-state index contributed by atoms with van der Waals surface area (Å²) in [5.41, 5.74) is 5.62. The molecule has 1 aliphatic heterocycles. The van der Waals surface area contributed by atoms with E-state index >= 15 is 0 Å². The van der Waals surface area contributed by atoms with E-state index in [4.69, 9.17) is 10.5 Å². The second-order valence-corrected chi connectivity index (χ2v) is 6.17. The molecule has 2 fully saturated rings. The molecule has 104 valence electrons. The molecule has 1 aliphatic carbocycles. The number of hydrogen-bond acceptors (Lipinski definition) is 3. The number of rotatable bonds is 3. The molecule has 18 heavy (non-hydrogen) atoms. The third-order valence-electron chi connectivity index (χ3n) is 4.37. The van der Waals surface area contributed by atoms with E-state index in [9.17, 15) is 4.79 Å². The van der Waals surface area contributed by atoms with Crippen molar-refractivity contribution in [2.75, 3.05) is 6.61 Å². The lowest BCUT2D eigenvalue weighted by atomic mass is 9.76. The molecule has 2 aliphatic rings. The summed E-state index contributed by atoms with van der Waals surface area (Å²) in [5.74, 6) is 0.560. The van der Waals surface area contributed by atoms with Gasteiger partial charge in [0.1, 0.15) is 0 Å². The van der Waals surface area contributed by atoms with Gasteiger partial charge in [0.2, 0.25) is 5.91 Å². The Bertz CT molecular complexity index is 302. The molecule has 0 spiro atoms. The lowest BCUT2D eigenvalue weighted by Gasteiger charge is -2.36. The lowest BCUT2D eigenvalue weighted by Crippen LogP contribution is -2.59. The van der Waals surface area contributed by atoms with Crippen LogP contribution in [0.1, 0.15) is 52.4 Å². The largest absolute Gasteiger partial charge is 0.376 e. The molecule has 0 bridgehead atoms. The fourth-order valence-electron chi connectivity index (χ4n) is 3.24. The molecule has 4 heteroatoms. The van der Waals surface area contributed by atoms with E-state index in [2.05, 4.69) is 12.2 Å². The number of amides is 1. The molecule has 3 N–H and O–H groups in total. The first-order valence-electron chi connectivity index (χ1n) is 7.23. The van der Waals surface area contributed by atoms with Crippen LogP contribution in [-0.4, -0.2) is 30.2 Å². The molecule has 0 aromatic carbocycles. The molecule has 1 saturated heterocycles. The molecule has 4 unspecified atom stereocenters. The monoisotopic (exact) mass is 254 g/mol. The van der Waals surface area contributed by atoms with E-state index in [0.29, 0.717) is 5.92 Å². The topological polar surface area (TPSA) is 64.4 Å². The van der Waals surface area contributed by atoms with E-state index in [1.165, 1.54) is 6.42 Å². The number of ether oxygens (including phenoxy) is 1. The van der Waals surface area contributed by atoms with Gasteiger partial charge in [-0.3, -0.25) is 4.79 Å². The summed E-state index contributed by atoms with van der Waals surface area (Å²) >= 11 is 0. The molecule has 0 radical (unpaired) electrons. The van der Waals surface area contributed by atoms with Crippen molar-refractivity contribution in [3.63, 3.8) is 0 Å². The molecule has 4 atom stereocenters. The van der Waals surface area contributed by atoms with Gasteiger partial charge >= 0.3 is 0 Å². The SMILES string of the molecule is CC1CCCC(N)(C(=O)NC(C)C2CCCO2)C1. The highest BCUT2D eigenvalue weighted by Gasteiger charge is 2.39. The van der Waals surface area contributed by atoms with Crippen LogP contribution in [0.3, 0.4) is 0 Å². The van der Waals surface area contributed by atoms with Gasteiger partial charge in [-0.25, -0.2) is 0 Å². The number of hydrogen-bond donors (Lipinski definition) is 2. The maximum atomic E-state index is 12.3. The molecule has 0 aromatic rings. The molecule has 1 saturated carbocycles. The van der Waals surface area contributed by atoms with E-state index in [1.807, 2.05) is 6.92 Å². The number of carbonyl (C=O) groups is 1. The van der Waals surface area contributed by atoms with Crippen molar-refractivity contribution in [1.82, 2.24) is 5.32 Å². The third kappa shape index (κ3) is 3.04. The molecular formula is C14H26N2O2. The van der Waals surface area contributed by atoms with E-state index in [0.717, 1.165) is 38.7 Å². The van der Waals surface area contributed by atoms with Gasteiger partial charge in [-0.1, -0.05) is 19.8 Å². The van der Waals surface area contributed by atoms with Crippen LogP contribution in [0.15, 0.2) is 0 Å². The predicted molar refractivity (Wildman–Crippen MR) is 71.1 cm³/mol. The minimum absolute atomic E-state index is 0.0112. The fraction of sp³-hybridized carbons (Fsp3) is 0.929. The second-order valence-electron chi connectivity index (χ2n) is 6.17. The van der Waals surface area contributed by atoms with Crippen molar-refractivity contribution in [2.45, 2.75) is 70.1 Å². The van der Waals surface area contributed by atoms with Crippen molar-refractivity contribution in [2.24, 2.45) is 11.7 Å². The zero-order chi connectivity index (χ0) is 13.2. The molecular weight excluding hydrogens is 228 g/mol. The number of nitrogens with one attached hydrogen (secondary N) is 1. The van der Waals surface area contributed by atoms with Crippen LogP contribution in [0.2, 0.25) is 0 Å². The maximum absolute atomic E-state index is 12.3. The van der Waals surface area contributed by atoms with E-state index in [1.54, 1.807) is 0 Å². The van der Waals surface area contributed by atoms with Crippen molar-refractivity contribution < 1.29 is 9.53 Å². The summed E-state index contributed by atoms with van der Waals surface area (Å²) in [6, 6.07) is 0.0673. The van der Waals surface area contributed by atoms with Crippen LogP contribution in [0.5, 0.6) is 0 Å². The standard InChI is InChI=1S/C14H26N2O2/c1-10-5-3-7-14(15,9-10)13(17)16-11(2)12-6-4-8-18-12/h10-12H,3-9,15H2,1-2H3,(H,16,17). The van der Waals surface area contributed by atoms with Gasteiger partial charge in [-0.2, -0.15) is 0 Å². The van der Waals surface area contributed by atoms with E-state index in [-0.39, 0.29) is 18.1 Å². The minimum atomic E-state index is -0.662. The highest BCUT2D eigenvalue weighted by molar-refractivity contribution is 5.86. The Labute approximate surface area is 110 Å². The van der Waals surface area contributed by atoms with Gasteiger partial charge in [-0.15, -0.1) is 0 Å². The van der Waals surface area contributed by atoms with Crippen molar-refractivity contribution in [3.8, 4) is 0 Å². The van der Waals surface area contributed by atoms with Crippen molar-refractivity contribution in [3.05, 3.63) is 0 Å². The van der Waals surface area contributed by atoms with Crippen molar-refractivity contribution in [1.29, 1.82) is 0 Å². The maximum Gasteiger partial charge on any atom is 0.240 e. The second kappa shape index (κ2) is 5.57. The van der Waals surface area contributed by atoms with Crippen LogP contribution >= 0.6 is 0 Å². The predicted octanol–water partition coefficient (Wildman–Crippen LogP) is 1.58. The molecule has 1 amide bonds. The van der Waals surface area contributed by atoms with E-state index < -0.39 is 5.54 Å². The Hall–Kier alpha value is -0.610. The molecule has 4 nitrogen and oxygen atoms in total. The average Bonchev–Trinajstić information content (AvgIpc) is 2.81. The minimum Gasteiger partial charge on any atom is -0.376 e. The van der Waals surface area contributed by atoms with Gasteiger partial charge in [0, 0.05) is 6.61 Å². The Balaban J connectivity index is 1.89. The normalized spacial score (nSPS) is 38.4. The molecule has 1 heterocycles. The Morgan fingerprint density at radius 3 is 2.83 bits per heavy atom. The summed E-state index contributed by atoms with van der Waals surface area (Å²) in [4.78, 5) is 12.3. The van der Waals surface area contributed by atoms with Crippen LogP contribution < -0.4 is 11.1 Å². The Morgan fingerprint density at radius 1 is 1.44 bits per heavy atom. The zero-order valence-electron chi connectivity index (χ0n) is 11.6. The zero-order valence-corrected chi connectivity index (χ0v) is 11.6. The quantitative estimate of drug-likeness (QED) is 0.803. The van der Waals surface area contributed by atoms with Gasteiger partial charge in [0.25, 0.3) is 0 Å². The first-order chi connectivity index (χ1) is 8.51. The van der Waals surface area contributed by atoms with Gasteiger partial charge in [0.15, 0.2) is 0 Å². The number of nitrogens with two attached hydrogens (primary N) is 1. The molecule has 2 rings (SSSR count). The lowest BCUT2D eigenvalue weighted by molar-refractivity contribution is -0.129. The first kappa shape index (κ1) is 13.8. The fourth-order valence-corrected chi connectivity index (χ4v) is 3.24. The van der Waals surface area contributed by atoms with Crippen LogP contribution in [0.25, 0.3) is 0 Å². The smallest absolute Gasteiger partial charge is 0.240 e. The third-order valence-corrected chi connectivity index (χ3v) is 4.37. The van der Waals surface area contributed by atoms with Crippen LogP contribution in [0, 0.1) is 5.92 Å². The summed E-state index contributed by atoms with van der Waals surface area (Å²) in [6.07, 6.45) is 6.15. The Kier molecular flexibility index (Phi) is 4.28. The highest BCUT2D eigenvalue weighted by atomic mass is 16.5. The summed E-state index contributed by atoms with van der Waals surface area (Å²) < 4.78 is 5.60. The number of carbonyl (C=O) groups excluding carboxylic acids is 1. The molecule has 0 aromatic heterocycles. The van der Waals surface area contributed by atoms with Crippen molar-refractivity contribution >= 4 is 5.91 Å². The van der Waals surface area contributed by atoms with Gasteiger partial charge in [-0.05, 0) is 38.5 Å². The first-order valence-corrected chi connectivity index (χ1v) is 7.23. The van der Waals surface area contributed by atoms with Gasteiger partial charge < -0.3 is 15.8 Å². The van der Waals surface area contributed by atoms with Crippen LogP contribution in [-0.2, 0) is 9.53 Å². The average molecular weight is 254 g/mol. The highest BCUT2D eigenvalue weighted by Crippen LogP contribution is 2.30. The summed E-state index contributed by atoms with van der Waals surface area (Å²) in [6.45, 7) is 5.01. The van der Waals surface area contributed by atoms with Gasteiger partial charge in [0.05, 0.1) is 17.7 Å². The van der Waals surface area contributed by atoms with Crippen LogP contribution in [0.4, 0.5) is 0 Å². The summed E-state index contributed by atoms with van der Waals surface area (Å²) in [7, 11) is 0. The Morgan fingerprint density at radius 2 is 2.22 bits per heavy atom. The summed E-state index contributed by atoms with van der Waals surface area (Å²) in [5, 5.41) is 3.06.